The van der Waals surface area contributed by atoms with Crippen LogP contribution in [0.15, 0.2) is 24.3 Å². The van der Waals surface area contributed by atoms with Crippen LogP contribution in [0.3, 0.4) is 0 Å². The van der Waals surface area contributed by atoms with Gasteiger partial charge in [0.2, 0.25) is 0 Å². The second-order valence-electron chi connectivity index (χ2n) is 5.74. The van der Waals surface area contributed by atoms with Gasteiger partial charge in [-0.15, -0.1) is 0 Å². The van der Waals surface area contributed by atoms with Gasteiger partial charge in [0.25, 0.3) is 5.91 Å². The third-order valence-corrected chi connectivity index (χ3v) is 3.94. The molecule has 0 unspecified atom stereocenters. The molecule has 0 atom stereocenters. The highest BCUT2D eigenvalue weighted by molar-refractivity contribution is 5.94. The third-order valence-electron chi connectivity index (χ3n) is 3.94. The average Bonchev–Trinajstić information content (AvgIpc) is 2.63. The van der Waals surface area contributed by atoms with Gasteiger partial charge in [0.1, 0.15) is 5.75 Å². The number of ether oxygens (including phenoxy) is 3. The molecule has 2 amide bonds. The summed E-state index contributed by atoms with van der Waals surface area (Å²) in [6, 6.07) is 6.34. The summed E-state index contributed by atoms with van der Waals surface area (Å²) in [7, 11) is 0. The molecule has 2 rings (SSSR count). The largest absolute Gasteiger partial charge is 0.513 e. The van der Waals surface area contributed by atoms with E-state index in [4.69, 9.17) is 14.2 Å². The Morgan fingerprint density at radius 2 is 1.65 bits per heavy atom. The fourth-order valence-corrected chi connectivity index (χ4v) is 2.66. The molecule has 1 saturated heterocycles. The number of alkyl carbamates (subject to hydrolysis) is 1. The summed E-state index contributed by atoms with van der Waals surface area (Å²) >= 11 is 0. The van der Waals surface area contributed by atoms with Crippen molar-refractivity contribution in [1.82, 2.24) is 10.2 Å². The van der Waals surface area contributed by atoms with E-state index in [-0.39, 0.29) is 18.6 Å². The molecular formula is C18H24N2O6. The first-order valence-electron chi connectivity index (χ1n) is 8.70. The lowest BCUT2D eigenvalue weighted by Gasteiger charge is -2.32. The first kappa shape index (κ1) is 19.6. The third kappa shape index (κ3) is 5.65. The quantitative estimate of drug-likeness (QED) is 0.637. The second-order valence-corrected chi connectivity index (χ2v) is 5.74. The predicted molar refractivity (Wildman–Crippen MR) is 93.2 cm³/mol. The van der Waals surface area contributed by atoms with Crippen molar-refractivity contribution < 1.29 is 28.6 Å². The molecule has 0 aromatic heterocycles. The fraction of sp³-hybridized carbons (Fsp3) is 0.500. The molecule has 0 radical (unpaired) electrons. The Kier molecular flexibility index (Phi) is 7.25. The predicted octanol–water partition coefficient (Wildman–Crippen LogP) is 2.57. The van der Waals surface area contributed by atoms with Crippen molar-refractivity contribution in [2.45, 2.75) is 32.7 Å². The van der Waals surface area contributed by atoms with Gasteiger partial charge < -0.3 is 24.4 Å². The molecule has 26 heavy (non-hydrogen) atoms. The lowest BCUT2D eigenvalue weighted by Crippen LogP contribution is -2.46. The number of piperidine rings is 1. The van der Waals surface area contributed by atoms with E-state index in [2.05, 4.69) is 5.32 Å². The zero-order chi connectivity index (χ0) is 18.9. The summed E-state index contributed by atoms with van der Waals surface area (Å²) in [5.41, 5.74) is 0.512. The van der Waals surface area contributed by atoms with Crippen LogP contribution < -0.4 is 10.1 Å². The number of benzene rings is 1. The van der Waals surface area contributed by atoms with Crippen molar-refractivity contribution in [2.24, 2.45) is 0 Å². The topological polar surface area (TPSA) is 94.2 Å². The maximum Gasteiger partial charge on any atom is 0.513 e. The van der Waals surface area contributed by atoms with Gasteiger partial charge in [-0.2, -0.15) is 0 Å². The number of nitrogens with one attached hydrogen (secondary N) is 1. The molecule has 1 N–H and O–H groups in total. The van der Waals surface area contributed by atoms with E-state index in [0.29, 0.717) is 43.9 Å². The van der Waals surface area contributed by atoms with Crippen molar-refractivity contribution >= 4 is 18.2 Å². The van der Waals surface area contributed by atoms with Gasteiger partial charge in [0.15, 0.2) is 0 Å². The zero-order valence-corrected chi connectivity index (χ0v) is 15.0. The summed E-state index contributed by atoms with van der Waals surface area (Å²) in [4.78, 5) is 37.0. The Balaban J connectivity index is 1.84. The first-order valence-corrected chi connectivity index (χ1v) is 8.70. The van der Waals surface area contributed by atoms with E-state index in [1.54, 1.807) is 43.0 Å². The molecule has 8 heteroatoms. The molecule has 1 fully saturated rings. The smallest absolute Gasteiger partial charge is 0.450 e. The van der Waals surface area contributed by atoms with E-state index in [1.165, 1.54) is 0 Å². The summed E-state index contributed by atoms with van der Waals surface area (Å²) in [5.74, 6) is 0.222. The monoisotopic (exact) mass is 364 g/mol. The molecule has 8 nitrogen and oxygen atoms in total. The molecule has 1 aromatic rings. The fourth-order valence-electron chi connectivity index (χ4n) is 2.66. The van der Waals surface area contributed by atoms with Crippen LogP contribution in [0.25, 0.3) is 0 Å². The first-order chi connectivity index (χ1) is 12.5. The Hall–Kier alpha value is -2.77. The van der Waals surface area contributed by atoms with E-state index in [9.17, 15) is 14.4 Å². The van der Waals surface area contributed by atoms with Gasteiger partial charge in [-0.3, -0.25) is 4.79 Å². The number of rotatable bonds is 5. The molecule has 0 spiro atoms. The highest BCUT2D eigenvalue weighted by atomic mass is 16.7. The van der Waals surface area contributed by atoms with Crippen molar-refractivity contribution in [3.8, 4) is 5.75 Å². The normalized spacial score (nSPS) is 14.5. The number of carbonyl (C=O) groups excluding carboxylic acids is 3. The minimum atomic E-state index is -0.775. The summed E-state index contributed by atoms with van der Waals surface area (Å²) < 4.78 is 14.5. The van der Waals surface area contributed by atoms with Crippen LogP contribution in [0.1, 0.15) is 37.0 Å². The molecule has 142 valence electrons. The summed E-state index contributed by atoms with van der Waals surface area (Å²) in [5, 5.41) is 2.80. The lowest BCUT2D eigenvalue weighted by molar-refractivity contribution is 0.0702. The highest BCUT2D eigenvalue weighted by Crippen LogP contribution is 2.17. The zero-order valence-electron chi connectivity index (χ0n) is 15.0. The number of hydrogen-bond acceptors (Lipinski definition) is 6. The Morgan fingerprint density at radius 3 is 2.23 bits per heavy atom. The number of hydrogen-bond donors (Lipinski definition) is 1. The van der Waals surface area contributed by atoms with Crippen LogP contribution in [-0.4, -0.2) is 55.4 Å². The molecule has 1 heterocycles. The molecule has 0 bridgehead atoms. The molecule has 1 aliphatic rings. The molecule has 1 aliphatic heterocycles. The second kappa shape index (κ2) is 9.65. The van der Waals surface area contributed by atoms with Crippen molar-refractivity contribution in [2.75, 3.05) is 26.3 Å². The maximum absolute atomic E-state index is 12.5. The van der Waals surface area contributed by atoms with Crippen LogP contribution in [0.2, 0.25) is 0 Å². The Bertz CT molecular complexity index is 623. The van der Waals surface area contributed by atoms with Gasteiger partial charge in [-0.25, -0.2) is 9.59 Å². The van der Waals surface area contributed by atoms with Crippen LogP contribution in [0, 0.1) is 0 Å². The maximum atomic E-state index is 12.5. The standard InChI is InChI=1S/C18H24N2O6/c1-3-24-17(22)19-14-9-11-20(12-10-14)16(21)13-5-7-15(8-6-13)26-18(23)25-4-2/h5-8,14H,3-4,9-12H2,1-2H3,(H,19,22). The Labute approximate surface area is 152 Å². The van der Waals surface area contributed by atoms with Crippen LogP contribution in [-0.2, 0) is 9.47 Å². The van der Waals surface area contributed by atoms with Crippen LogP contribution >= 0.6 is 0 Å². The van der Waals surface area contributed by atoms with Crippen molar-refractivity contribution in [1.29, 1.82) is 0 Å². The van der Waals surface area contributed by atoms with Gasteiger partial charge in [0, 0.05) is 24.7 Å². The summed E-state index contributed by atoms with van der Waals surface area (Å²) in [6.45, 7) is 5.11. The number of nitrogens with zero attached hydrogens (tertiary/aromatic N) is 1. The van der Waals surface area contributed by atoms with E-state index >= 15 is 0 Å². The molecule has 0 aliphatic carbocycles. The molecule has 1 aromatic carbocycles. The summed E-state index contributed by atoms with van der Waals surface area (Å²) in [6.07, 6.45) is 0.153. The average molecular weight is 364 g/mol. The number of likely N-dealkylation sites (tertiary alicyclic amines) is 1. The minimum Gasteiger partial charge on any atom is -0.450 e. The molecular weight excluding hydrogens is 340 g/mol. The van der Waals surface area contributed by atoms with Crippen LogP contribution in [0.5, 0.6) is 5.75 Å². The SMILES string of the molecule is CCOC(=O)NC1CCN(C(=O)c2ccc(OC(=O)OCC)cc2)CC1. The van der Waals surface area contributed by atoms with Crippen molar-refractivity contribution in [3.63, 3.8) is 0 Å². The van der Waals surface area contributed by atoms with E-state index in [1.807, 2.05) is 0 Å². The van der Waals surface area contributed by atoms with Gasteiger partial charge in [-0.1, -0.05) is 0 Å². The van der Waals surface area contributed by atoms with Gasteiger partial charge in [0.05, 0.1) is 13.2 Å². The van der Waals surface area contributed by atoms with Gasteiger partial charge >= 0.3 is 12.2 Å². The number of carbonyl (C=O) groups is 3. The minimum absolute atomic E-state index is 0.0125. The van der Waals surface area contributed by atoms with Gasteiger partial charge in [-0.05, 0) is 51.0 Å². The Morgan fingerprint density at radius 1 is 1.04 bits per heavy atom. The van der Waals surface area contributed by atoms with Crippen molar-refractivity contribution in [3.05, 3.63) is 29.8 Å². The van der Waals surface area contributed by atoms with Crippen LogP contribution in [0.4, 0.5) is 9.59 Å². The van der Waals surface area contributed by atoms with E-state index in [0.717, 1.165) is 0 Å². The lowest BCUT2D eigenvalue weighted by atomic mass is 10.0. The van der Waals surface area contributed by atoms with E-state index < -0.39 is 12.2 Å². The highest BCUT2D eigenvalue weighted by Gasteiger charge is 2.25. The molecule has 0 saturated carbocycles. The number of amides is 2.